The molecule has 0 amide bonds. The van der Waals surface area contributed by atoms with E-state index in [1.54, 1.807) is 14.2 Å². The zero-order valence-corrected chi connectivity index (χ0v) is 20.5. The predicted octanol–water partition coefficient (Wildman–Crippen LogP) is 4.16. The fourth-order valence-electron chi connectivity index (χ4n) is 3.83. The molecule has 0 saturated carbocycles. The van der Waals surface area contributed by atoms with E-state index in [1.807, 2.05) is 23.1 Å². The summed E-state index contributed by atoms with van der Waals surface area (Å²) in [5.74, 6) is -0.147. The first kappa shape index (κ1) is 24.8. The molecule has 1 aromatic heterocycles. The van der Waals surface area contributed by atoms with Crippen molar-refractivity contribution in [1.29, 1.82) is 0 Å². The highest BCUT2D eigenvalue weighted by Gasteiger charge is 2.24. The molecule has 3 aromatic rings. The smallest absolute Gasteiger partial charge is 0.264 e. The number of hydrogen-bond donors (Lipinski definition) is 1. The molecule has 0 aliphatic carbocycles. The molecule has 0 radical (unpaired) electrons. The monoisotopic (exact) mass is 524 g/mol. The largest absolute Gasteiger partial charge is 0.497 e. The molecule has 4 rings (SSSR count). The van der Waals surface area contributed by atoms with Crippen molar-refractivity contribution in [3.05, 3.63) is 65.3 Å². The molecular weight excluding hydrogens is 502 g/mol. The average Bonchev–Trinajstić information content (AvgIpc) is 2.83. The van der Waals surface area contributed by atoms with Crippen molar-refractivity contribution in [2.24, 2.45) is 0 Å². The number of halogens is 3. The van der Waals surface area contributed by atoms with E-state index in [9.17, 15) is 17.2 Å². The van der Waals surface area contributed by atoms with E-state index in [0.717, 1.165) is 17.8 Å². The van der Waals surface area contributed by atoms with E-state index in [-0.39, 0.29) is 10.7 Å². The lowest BCUT2D eigenvalue weighted by molar-refractivity contribution is 0.394. The molecule has 186 valence electrons. The van der Waals surface area contributed by atoms with Crippen LogP contribution in [0.3, 0.4) is 0 Å². The van der Waals surface area contributed by atoms with Crippen LogP contribution in [0.15, 0.2) is 53.6 Å². The number of anilines is 3. The van der Waals surface area contributed by atoms with Crippen LogP contribution in [0.4, 0.5) is 26.0 Å². The van der Waals surface area contributed by atoms with Gasteiger partial charge in [0.15, 0.2) is 0 Å². The van der Waals surface area contributed by atoms with E-state index in [0.29, 0.717) is 49.6 Å². The minimum Gasteiger partial charge on any atom is -0.497 e. The molecule has 8 nitrogen and oxygen atoms in total. The van der Waals surface area contributed by atoms with Gasteiger partial charge in [0.2, 0.25) is 0 Å². The van der Waals surface area contributed by atoms with E-state index < -0.39 is 26.6 Å². The van der Waals surface area contributed by atoms with E-state index in [1.165, 1.54) is 12.3 Å². The van der Waals surface area contributed by atoms with Crippen molar-refractivity contribution in [2.45, 2.75) is 4.90 Å². The van der Waals surface area contributed by atoms with Gasteiger partial charge in [-0.15, -0.1) is 0 Å². The third kappa shape index (κ3) is 5.35. The summed E-state index contributed by atoms with van der Waals surface area (Å²) in [5.41, 5.74) is 1.01. The SMILES string of the molecule is COc1ccc(N2CCN(c3ncc(NS(=O)(=O)c4ccc(F)cc4F)cc3Cl)CC2)c(OC)c1. The normalized spacial score (nSPS) is 14.1. The fourth-order valence-corrected chi connectivity index (χ4v) is 5.21. The second kappa shape index (κ2) is 10.1. The van der Waals surface area contributed by atoms with Gasteiger partial charge in [-0.3, -0.25) is 4.72 Å². The molecule has 1 fully saturated rings. The molecule has 1 N–H and O–H groups in total. The Morgan fingerprint density at radius 2 is 1.69 bits per heavy atom. The van der Waals surface area contributed by atoms with Gasteiger partial charge < -0.3 is 19.3 Å². The van der Waals surface area contributed by atoms with Gasteiger partial charge >= 0.3 is 0 Å². The second-order valence-corrected chi connectivity index (χ2v) is 9.78. The van der Waals surface area contributed by atoms with Crippen LogP contribution in [0.25, 0.3) is 0 Å². The summed E-state index contributed by atoms with van der Waals surface area (Å²) in [5, 5.41) is 0.236. The first-order chi connectivity index (χ1) is 16.7. The fraction of sp³-hybridized carbons (Fsp3) is 0.261. The third-order valence-electron chi connectivity index (χ3n) is 5.56. The maximum Gasteiger partial charge on any atom is 0.264 e. The van der Waals surface area contributed by atoms with Crippen molar-refractivity contribution < 1.29 is 26.7 Å². The van der Waals surface area contributed by atoms with Crippen molar-refractivity contribution in [1.82, 2.24) is 4.98 Å². The first-order valence-corrected chi connectivity index (χ1v) is 12.4. The first-order valence-electron chi connectivity index (χ1n) is 10.6. The van der Waals surface area contributed by atoms with Crippen molar-refractivity contribution >= 4 is 38.8 Å². The highest BCUT2D eigenvalue weighted by atomic mass is 35.5. The number of nitrogens with zero attached hydrogens (tertiary/aromatic N) is 3. The predicted molar refractivity (Wildman–Crippen MR) is 130 cm³/mol. The van der Waals surface area contributed by atoms with Gasteiger partial charge in [-0.05, 0) is 30.3 Å². The quantitative estimate of drug-likeness (QED) is 0.497. The van der Waals surface area contributed by atoms with Crippen molar-refractivity contribution in [3.8, 4) is 11.5 Å². The van der Waals surface area contributed by atoms with E-state index >= 15 is 0 Å². The number of benzene rings is 2. The number of methoxy groups -OCH3 is 2. The van der Waals surface area contributed by atoms with Gasteiger partial charge in [-0.1, -0.05) is 11.6 Å². The summed E-state index contributed by atoms with van der Waals surface area (Å²) < 4.78 is 65.1. The van der Waals surface area contributed by atoms with E-state index in [2.05, 4.69) is 14.6 Å². The highest BCUT2D eigenvalue weighted by Crippen LogP contribution is 2.34. The lowest BCUT2D eigenvalue weighted by Crippen LogP contribution is -2.47. The summed E-state index contributed by atoms with van der Waals surface area (Å²) in [7, 11) is -1.09. The minimum atomic E-state index is -4.30. The number of hydrogen-bond acceptors (Lipinski definition) is 7. The Morgan fingerprint density at radius 3 is 2.31 bits per heavy atom. The molecule has 0 unspecified atom stereocenters. The molecule has 2 aromatic carbocycles. The molecule has 35 heavy (non-hydrogen) atoms. The van der Waals surface area contributed by atoms with Gasteiger partial charge in [-0.25, -0.2) is 22.2 Å². The molecule has 2 heterocycles. The maximum absolute atomic E-state index is 13.9. The number of rotatable bonds is 7. The average molecular weight is 525 g/mol. The number of piperazine rings is 1. The van der Waals surface area contributed by atoms with Crippen LogP contribution in [-0.4, -0.2) is 53.8 Å². The number of pyridine rings is 1. The van der Waals surface area contributed by atoms with Gasteiger partial charge in [0.1, 0.15) is 33.8 Å². The maximum atomic E-state index is 13.9. The number of nitrogens with one attached hydrogen (secondary N) is 1. The zero-order valence-electron chi connectivity index (χ0n) is 19.0. The van der Waals surface area contributed by atoms with Crippen molar-refractivity contribution in [3.63, 3.8) is 0 Å². The Labute approximate surface area is 207 Å². The topological polar surface area (TPSA) is 84.0 Å². The molecule has 0 bridgehead atoms. The lowest BCUT2D eigenvalue weighted by Gasteiger charge is -2.37. The summed E-state index contributed by atoms with van der Waals surface area (Å²) in [4.78, 5) is 7.82. The van der Waals surface area contributed by atoms with Crippen LogP contribution in [-0.2, 0) is 10.0 Å². The number of ether oxygens (including phenoxy) is 2. The second-order valence-electron chi connectivity index (χ2n) is 7.72. The number of sulfonamides is 1. The molecule has 1 aliphatic heterocycles. The minimum absolute atomic E-state index is 0.0593. The van der Waals surface area contributed by atoms with Gasteiger partial charge in [-0.2, -0.15) is 0 Å². The molecule has 1 saturated heterocycles. The standard InChI is InChI=1S/C23H23ClF2N4O4S/c1-33-17-4-5-20(21(13-17)34-2)29-7-9-30(10-8-29)23-18(24)12-16(14-27-23)28-35(31,32)22-6-3-15(25)11-19(22)26/h3-6,11-14,28H,7-10H2,1-2H3. The number of aromatic nitrogens is 1. The molecule has 12 heteroatoms. The Balaban J connectivity index is 1.45. The van der Waals surface area contributed by atoms with Crippen LogP contribution in [0.1, 0.15) is 0 Å². The lowest BCUT2D eigenvalue weighted by atomic mass is 10.2. The van der Waals surface area contributed by atoms with Crippen molar-refractivity contribution in [2.75, 3.05) is 54.9 Å². The van der Waals surface area contributed by atoms with Crippen LogP contribution in [0.5, 0.6) is 11.5 Å². The summed E-state index contributed by atoms with van der Waals surface area (Å²) in [6, 6.07) is 9.29. The Morgan fingerprint density at radius 1 is 0.971 bits per heavy atom. The summed E-state index contributed by atoms with van der Waals surface area (Å²) >= 11 is 6.41. The Bertz CT molecular complexity index is 1340. The molecular formula is C23H23ClF2N4O4S. The van der Waals surface area contributed by atoms with Crippen LogP contribution in [0.2, 0.25) is 5.02 Å². The summed E-state index contributed by atoms with van der Waals surface area (Å²) in [6.07, 6.45) is 1.30. The van der Waals surface area contributed by atoms with Gasteiger partial charge in [0, 0.05) is 38.3 Å². The van der Waals surface area contributed by atoms with Gasteiger partial charge in [0.25, 0.3) is 10.0 Å². The van der Waals surface area contributed by atoms with Crippen LogP contribution < -0.4 is 24.0 Å². The Hall–Kier alpha value is -3.31. The van der Waals surface area contributed by atoms with Crippen LogP contribution >= 0.6 is 11.6 Å². The van der Waals surface area contributed by atoms with E-state index in [4.69, 9.17) is 21.1 Å². The zero-order chi connectivity index (χ0) is 25.2. The highest BCUT2D eigenvalue weighted by molar-refractivity contribution is 7.92. The third-order valence-corrected chi connectivity index (χ3v) is 7.26. The molecule has 1 aliphatic rings. The van der Waals surface area contributed by atoms with Gasteiger partial charge in [0.05, 0.1) is 36.8 Å². The van der Waals surface area contributed by atoms with Crippen LogP contribution in [0, 0.1) is 11.6 Å². The molecule has 0 atom stereocenters. The Kier molecular flexibility index (Phi) is 7.18. The summed E-state index contributed by atoms with van der Waals surface area (Å²) in [6.45, 7) is 2.60. The molecule has 0 spiro atoms.